The fraction of sp³-hybridized carbons (Fsp3) is 0.467. The first-order valence-electron chi connectivity index (χ1n) is 6.77. The van der Waals surface area contributed by atoms with E-state index in [9.17, 15) is 0 Å². The Balaban J connectivity index is 2.26. The molecule has 0 fully saturated rings. The summed E-state index contributed by atoms with van der Waals surface area (Å²) in [7, 11) is 1.90. The second-order valence-corrected chi connectivity index (χ2v) is 5.37. The van der Waals surface area contributed by atoms with Crippen molar-refractivity contribution in [3.8, 4) is 11.6 Å². The number of rotatable bonds is 4. The standard InChI is InChI=1S/C15H22N4O/c1-9-6-13(7-10(2)16)8-17-15(9)20-14-11(3)18-19(5)12(14)4/h6,8,10H,7,16H2,1-5H3. The third-order valence-electron chi connectivity index (χ3n) is 3.29. The fourth-order valence-electron chi connectivity index (χ4n) is 2.21. The van der Waals surface area contributed by atoms with Gasteiger partial charge in [0.2, 0.25) is 5.88 Å². The van der Waals surface area contributed by atoms with Gasteiger partial charge in [-0.2, -0.15) is 5.10 Å². The molecule has 2 heterocycles. The first-order valence-corrected chi connectivity index (χ1v) is 6.77. The molecule has 2 rings (SSSR count). The Kier molecular flexibility index (Phi) is 4.09. The molecular weight excluding hydrogens is 252 g/mol. The molecule has 5 heteroatoms. The Morgan fingerprint density at radius 3 is 2.55 bits per heavy atom. The molecule has 0 aromatic carbocycles. The van der Waals surface area contributed by atoms with Gasteiger partial charge in [-0.15, -0.1) is 0 Å². The molecule has 0 spiro atoms. The predicted octanol–water partition coefficient (Wildman–Crippen LogP) is 2.42. The summed E-state index contributed by atoms with van der Waals surface area (Å²) in [5.41, 5.74) is 9.80. The molecule has 0 saturated heterocycles. The number of aromatic nitrogens is 3. The second-order valence-electron chi connectivity index (χ2n) is 5.37. The molecule has 2 N–H and O–H groups in total. The summed E-state index contributed by atoms with van der Waals surface area (Å²) in [6.45, 7) is 7.90. The van der Waals surface area contributed by atoms with Crippen molar-refractivity contribution in [3.63, 3.8) is 0 Å². The molecule has 20 heavy (non-hydrogen) atoms. The maximum Gasteiger partial charge on any atom is 0.222 e. The highest BCUT2D eigenvalue weighted by molar-refractivity contribution is 5.38. The zero-order valence-corrected chi connectivity index (χ0v) is 12.8. The molecule has 5 nitrogen and oxygen atoms in total. The molecule has 2 aromatic rings. The largest absolute Gasteiger partial charge is 0.435 e. The van der Waals surface area contributed by atoms with Gasteiger partial charge in [0.1, 0.15) is 5.69 Å². The summed E-state index contributed by atoms with van der Waals surface area (Å²) < 4.78 is 7.74. The predicted molar refractivity (Wildman–Crippen MR) is 79.1 cm³/mol. The monoisotopic (exact) mass is 274 g/mol. The fourth-order valence-corrected chi connectivity index (χ4v) is 2.21. The van der Waals surface area contributed by atoms with Crippen LogP contribution < -0.4 is 10.5 Å². The Morgan fingerprint density at radius 2 is 2.05 bits per heavy atom. The van der Waals surface area contributed by atoms with Gasteiger partial charge in [0.25, 0.3) is 0 Å². The van der Waals surface area contributed by atoms with E-state index in [2.05, 4.69) is 16.1 Å². The number of nitrogens with zero attached hydrogens (tertiary/aromatic N) is 3. The van der Waals surface area contributed by atoms with Gasteiger partial charge in [0.05, 0.1) is 5.69 Å². The quantitative estimate of drug-likeness (QED) is 0.930. The number of hydrogen-bond acceptors (Lipinski definition) is 4. The molecule has 1 unspecified atom stereocenters. The Bertz CT molecular complexity index is 617. The highest BCUT2D eigenvalue weighted by Gasteiger charge is 2.14. The van der Waals surface area contributed by atoms with E-state index in [1.54, 1.807) is 0 Å². The maximum atomic E-state index is 5.93. The van der Waals surface area contributed by atoms with E-state index < -0.39 is 0 Å². The number of ether oxygens (including phenoxy) is 1. The van der Waals surface area contributed by atoms with Crippen molar-refractivity contribution in [2.45, 2.75) is 40.2 Å². The molecule has 0 amide bonds. The molecule has 0 saturated carbocycles. The smallest absolute Gasteiger partial charge is 0.222 e. The minimum absolute atomic E-state index is 0.130. The number of hydrogen-bond donors (Lipinski definition) is 1. The Labute approximate surface area is 119 Å². The van der Waals surface area contributed by atoms with Crippen LogP contribution in [0.15, 0.2) is 12.3 Å². The molecule has 108 valence electrons. The average Bonchev–Trinajstić information content (AvgIpc) is 2.58. The normalized spacial score (nSPS) is 12.5. The number of aryl methyl sites for hydroxylation is 3. The molecule has 1 atom stereocenters. The van der Waals surface area contributed by atoms with Crippen molar-refractivity contribution in [1.29, 1.82) is 0 Å². The van der Waals surface area contributed by atoms with Crippen molar-refractivity contribution in [2.24, 2.45) is 12.8 Å². The van der Waals surface area contributed by atoms with Gasteiger partial charge in [-0.3, -0.25) is 4.68 Å². The first-order chi connectivity index (χ1) is 9.38. The summed E-state index contributed by atoms with van der Waals surface area (Å²) >= 11 is 0. The van der Waals surface area contributed by atoms with E-state index in [0.717, 1.165) is 34.7 Å². The lowest BCUT2D eigenvalue weighted by atomic mass is 10.1. The lowest BCUT2D eigenvalue weighted by molar-refractivity contribution is 0.450. The zero-order chi connectivity index (χ0) is 14.9. The van der Waals surface area contributed by atoms with Crippen LogP contribution in [-0.2, 0) is 13.5 Å². The summed E-state index contributed by atoms with van der Waals surface area (Å²) in [6.07, 6.45) is 2.64. The van der Waals surface area contributed by atoms with Crippen LogP contribution in [0.3, 0.4) is 0 Å². The van der Waals surface area contributed by atoms with Crippen LogP contribution >= 0.6 is 0 Å². The van der Waals surface area contributed by atoms with Crippen LogP contribution in [-0.4, -0.2) is 20.8 Å². The van der Waals surface area contributed by atoms with E-state index in [1.807, 2.05) is 45.6 Å². The molecule has 0 aliphatic heterocycles. The topological polar surface area (TPSA) is 66.0 Å². The molecular formula is C15H22N4O. The lowest BCUT2D eigenvalue weighted by Gasteiger charge is -2.10. The van der Waals surface area contributed by atoms with Crippen LogP contribution in [0.1, 0.15) is 29.4 Å². The van der Waals surface area contributed by atoms with Crippen LogP contribution in [0.25, 0.3) is 0 Å². The van der Waals surface area contributed by atoms with E-state index in [4.69, 9.17) is 10.5 Å². The van der Waals surface area contributed by atoms with Gasteiger partial charge >= 0.3 is 0 Å². The van der Waals surface area contributed by atoms with Crippen molar-refractivity contribution in [2.75, 3.05) is 0 Å². The van der Waals surface area contributed by atoms with E-state index in [0.29, 0.717) is 5.88 Å². The zero-order valence-electron chi connectivity index (χ0n) is 12.8. The van der Waals surface area contributed by atoms with Gasteiger partial charge in [-0.1, -0.05) is 0 Å². The van der Waals surface area contributed by atoms with Gasteiger partial charge in [0.15, 0.2) is 5.75 Å². The Hall–Kier alpha value is -1.88. The van der Waals surface area contributed by atoms with E-state index >= 15 is 0 Å². The van der Waals surface area contributed by atoms with Gasteiger partial charge < -0.3 is 10.5 Å². The Morgan fingerprint density at radius 1 is 1.35 bits per heavy atom. The minimum Gasteiger partial charge on any atom is -0.435 e. The third kappa shape index (κ3) is 2.99. The van der Waals surface area contributed by atoms with Crippen molar-refractivity contribution in [1.82, 2.24) is 14.8 Å². The van der Waals surface area contributed by atoms with E-state index in [-0.39, 0.29) is 6.04 Å². The molecule has 0 radical (unpaired) electrons. The average molecular weight is 274 g/mol. The third-order valence-corrected chi connectivity index (χ3v) is 3.29. The number of pyridine rings is 1. The van der Waals surface area contributed by atoms with Crippen LogP contribution in [0, 0.1) is 20.8 Å². The van der Waals surface area contributed by atoms with Crippen LogP contribution in [0.4, 0.5) is 0 Å². The van der Waals surface area contributed by atoms with Crippen molar-refractivity contribution in [3.05, 3.63) is 34.8 Å². The molecule has 0 aliphatic rings. The van der Waals surface area contributed by atoms with E-state index in [1.165, 1.54) is 0 Å². The highest BCUT2D eigenvalue weighted by Crippen LogP contribution is 2.28. The summed E-state index contributed by atoms with van der Waals surface area (Å²) in [4.78, 5) is 4.40. The van der Waals surface area contributed by atoms with Crippen molar-refractivity contribution >= 4 is 0 Å². The SMILES string of the molecule is Cc1cc(CC(C)N)cnc1Oc1c(C)nn(C)c1C. The van der Waals surface area contributed by atoms with Gasteiger partial charge in [-0.05, 0) is 45.7 Å². The highest BCUT2D eigenvalue weighted by atomic mass is 16.5. The summed E-state index contributed by atoms with van der Waals surface area (Å²) in [6, 6.07) is 2.21. The molecule has 0 bridgehead atoms. The number of nitrogens with two attached hydrogens (primary N) is 1. The van der Waals surface area contributed by atoms with Gasteiger partial charge in [0, 0.05) is 24.8 Å². The van der Waals surface area contributed by atoms with Crippen LogP contribution in [0.2, 0.25) is 0 Å². The summed E-state index contributed by atoms with van der Waals surface area (Å²) in [5, 5.41) is 4.34. The van der Waals surface area contributed by atoms with Crippen LogP contribution in [0.5, 0.6) is 11.6 Å². The maximum absolute atomic E-state index is 5.93. The minimum atomic E-state index is 0.130. The molecule has 0 aliphatic carbocycles. The summed E-state index contributed by atoms with van der Waals surface area (Å²) in [5.74, 6) is 1.40. The second kappa shape index (κ2) is 5.63. The molecule has 2 aromatic heterocycles. The first kappa shape index (κ1) is 14.5. The lowest BCUT2D eigenvalue weighted by Crippen LogP contribution is -2.17. The van der Waals surface area contributed by atoms with Gasteiger partial charge in [-0.25, -0.2) is 4.98 Å². The van der Waals surface area contributed by atoms with Crippen molar-refractivity contribution < 1.29 is 4.74 Å².